The van der Waals surface area contributed by atoms with Gasteiger partial charge in [-0.05, 0) is 19.3 Å². The predicted octanol–water partition coefficient (Wildman–Crippen LogP) is 1.90. The molecule has 1 rings (SSSR count). The Balaban J connectivity index is 2.59. The van der Waals surface area contributed by atoms with Crippen molar-refractivity contribution in [2.75, 3.05) is 13.7 Å². The van der Waals surface area contributed by atoms with Crippen LogP contribution in [0.4, 0.5) is 0 Å². The lowest BCUT2D eigenvalue weighted by Crippen LogP contribution is -2.42. The Kier molecular flexibility index (Phi) is 5.73. The Morgan fingerprint density at radius 3 is 2.59 bits per heavy atom. The van der Waals surface area contributed by atoms with Crippen molar-refractivity contribution in [3.05, 3.63) is 12.7 Å². The maximum absolute atomic E-state index is 12.0. The normalized spacial score (nSPS) is 15.6. The van der Waals surface area contributed by atoms with E-state index >= 15 is 0 Å². The van der Waals surface area contributed by atoms with Crippen LogP contribution in [0.3, 0.4) is 0 Å². The molecule has 0 aliphatic heterocycles. The third-order valence-corrected chi connectivity index (χ3v) is 3.18. The van der Waals surface area contributed by atoms with E-state index < -0.39 is 0 Å². The quantitative estimate of drug-likeness (QED) is 0.525. The summed E-state index contributed by atoms with van der Waals surface area (Å²) in [5.41, 5.74) is 0. The minimum absolute atomic E-state index is 0.0298. The molecule has 0 saturated heterocycles. The number of rotatable bonds is 6. The summed E-state index contributed by atoms with van der Waals surface area (Å²) < 4.78 is 4.64. The number of esters is 1. The van der Waals surface area contributed by atoms with Gasteiger partial charge in [-0.25, -0.2) is 0 Å². The number of hydrogen-bond donors (Lipinski definition) is 0. The third kappa shape index (κ3) is 4.21. The molecule has 0 spiro atoms. The van der Waals surface area contributed by atoms with Crippen LogP contribution >= 0.6 is 0 Å². The van der Waals surface area contributed by atoms with Crippen molar-refractivity contribution in [2.45, 2.75) is 44.6 Å². The number of carbonyl (C=O) groups is 2. The van der Waals surface area contributed by atoms with Crippen molar-refractivity contribution >= 4 is 11.9 Å². The average Bonchev–Trinajstić information content (AvgIpc) is 2.86. The summed E-state index contributed by atoms with van der Waals surface area (Å²) in [6.45, 7) is 3.68. The van der Waals surface area contributed by atoms with Gasteiger partial charge in [0.1, 0.15) is 6.54 Å². The van der Waals surface area contributed by atoms with E-state index in [1.165, 1.54) is 7.11 Å². The fourth-order valence-corrected chi connectivity index (χ4v) is 2.21. The van der Waals surface area contributed by atoms with Crippen LogP contribution in [0.25, 0.3) is 0 Å². The van der Waals surface area contributed by atoms with Gasteiger partial charge >= 0.3 is 5.97 Å². The van der Waals surface area contributed by atoms with Crippen LogP contribution in [0.15, 0.2) is 12.7 Å². The molecule has 4 heteroatoms. The van der Waals surface area contributed by atoms with Crippen molar-refractivity contribution < 1.29 is 14.3 Å². The lowest BCUT2D eigenvalue weighted by molar-refractivity contribution is -0.148. The van der Waals surface area contributed by atoms with Crippen molar-refractivity contribution in [1.82, 2.24) is 4.90 Å². The highest BCUT2D eigenvalue weighted by Gasteiger charge is 2.27. The van der Waals surface area contributed by atoms with Crippen LogP contribution in [0, 0.1) is 0 Å². The van der Waals surface area contributed by atoms with E-state index in [1.54, 1.807) is 11.0 Å². The van der Waals surface area contributed by atoms with Gasteiger partial charge in [0.25, 0.3) is 0 Å². The number of hydrogen-bond acceptors (Lipinski definition) is 3. The van der Waals surface area contributed by atoms with Crippen molar-refractivity contribution in [3.63, 3.8) is 0 Å². The molecule has 1 aliphatic carbocycles. The van der Waals surface area contributed by atoms with Gasteiger partial charge in [0.05, 0.1) is 7.11 Å². The Hall–Kier alpha value is -1.32. The summed E-state index contributed by atoms with van der Waals surface area (Å²) in [6.07, 6.45) is 7.07. The molecule has 17 heavy (non-hydrogen) atoms. The highest BCUT2D eigenvalue weighted by molar-refractivity contribution is 5.82. The first-order valence-electron chi connectivity index (χ1n) is 6.16. The summed E-state index contributed by atoms with van der Waals surface area (Å²) in [7, 11) is 1.35. The molecule has 0 aromatic rings. The summed E-state index contributed by atoms with van der Waals surface area (Å²) in [4.78, 5) is 25.0. The molecule has 96 valence electrons. The molecule has 1 fully saturated rings. The van der Waals surface area contributed by atoms with Gasteiger partial charge in [0.15, 0.2) is 0 Å². The molecule has 1 amide bonds. The van der Waals surface area contributed by atoms with Crippen molar-refractivity contribution in [3.8, 4) is 0 Å². The zero-order chi connectivity index (χ0) is 12.7. The molecule has 0 bridgehead atoms. The van der Waals surface area contributed by atoms with Gasteiger partial charge in [-0.2, -0.15) is 0 Å². The van der Waals surface area contributed by atoms with Crippen LogP contribution in [-0.2, 0) is 14.3 Å². The van der Waals surface area contributed by atoms with E-state index in [2.05, 4.69) is 11.3 Å². The van der Waals surface area contributed by atoms with E-state index in [9.17, 15) is 9.59 Å². The predicted molar refractivity (Wildman–Crippen MR) is 65.4 cm³/mol. The monoisotopic (exact) mass is 239 g/mol. The SMILES string of the molecule is C=CCCC(=O)N(CC(=O)OC)C1CCCC1. The molecule has 0 unspecified atom stereocenters. The number of carbonyl (C=O) groups excluding carboxylic acids is 2. The van der Waals surface area contributed by atoms with E-state index in [0.29, 0.717) is 12.8 Å². The van der Waals surface area contributed by atoms with E-state index in [1.807, 2.05) is 0 Å². The molecular weight excluding hydrogens is 218 g/mol. The molecule has 0 N–H and O–H groups in total. The second-order valence-corrected chi connectivity index (χ2v) is 4.36. The van der Waals surface area contributed by atoms with Crippen LogP contribution in [-0.4, -0.2) is 36.5 Å². The molecule has 0 aromatic carbocycles. The van der Waals surface area contributed by atoms with Crippen LogP contribution in [0.2, 0.25) is 0 Å². The minimum Gasteiger partial charge on any atom is -0.468 e. The third-order valence-electron chi connectivity index (χ3n) is 3.18. The highest BCUT2D eigenvalue weighted by atomic mass is 16.5. The van der Waals surface area contributed by atoms with Crippen LogP contribution < -0.4 is 0 Å². The summed E-state index contributed by atoms with van der Waals surface area (Å²) in [5, 5.41) is 0. The van der Waals surface area contributed by atoms with Gasteiger partial charge in [-0.3, -0.25) is 9.59 Å². The number of methoxy groups -OCH3 is 1. The topological polar surface area (TPSA) is 46.6 Å². The minimum atomic E-state index is -0.344. The fourth-order valence-electron chi connectivity index (χ4n) is 2.21. The van der Waals surface area contributed by atoms with Crippen LogP contribution in [0.1, 0.15) is 38.5 Å². The van der Waals surface area contributed by atoms with Gasteiger partial charge < -0.3 is 9.64 Å². The Morgan fingerprint density at radius 1 is 1.41 bits per heavy atom. The fraction of sp³-hybridized carbons (Fsp3) is 0.692. The van der Waals surface area contributed by atoms with E-state index in [4.69, 9.17) is 0 Å². The Bertz CT molecular complexity index is 282. The summed E-state index contributed by atoms with van der Waals surface area (Å²) in [6, 6.07) is 0.214. The van der Waals surface area contributed by atoms with Gasteiger partial charge in [0.2, 0.25) is 5.91 Å². The zero-order valence-electron chi connectivity index (χ0n) is 10.5. The number of ether oxygens (including phenoxy) is 1. The first-order chi connectivity index (χ1) is 8.19. The Morgan fingerprint density at radius 2 is 2.06 bits per heavy atom. The second kappa shape index (κ2) is 7.09. The summed E-state index contributed by atoms with van der Waals surface area (Å²) >= 11 is 0. The Labute approximate surface area is 103 Å². The average molecular weight is 239 g/mol. The zero-order valence-corrected chi connectivity index (χ0v) is 10.5. The van der Waals surface area contributed by atoms with Crippen molar-refractivity contribution in [1.29, 1.82) is 0 Å². The van der Waals surface area contributed by atoms with Crippen LogP contribution in [0.5, 0.6) is 0 Å². The van der Waals surface area contributed by atoms with Gasteiger partial charge in [-0.15, -0.1) is 6.58 Å². The number of nitrogens with zero attached hydrogens (tertiary/aromatic N) is 1. The lowest BCUT2D eigenvalue weighted by Gasteiger charge is -2.27. The second-order valence-electron chi connectivity index (χ2n) is 4.36. The first kappa shape index (κ1) is 13.7. The van der Waals surface area contributed by atoms with Gasteiger partial charge in [0, 0.05) is 12.5 Å². The lowest BCUT2D eigenvalue weighted by atomic mass is 10.1. The van der Waals surface area contributed by atoms with E-state index in [0.717, 1.165) is 25.7 Å². The molecule has 0 radical (unpaired) electrons. The molecule has 0 heterocycles. The first-order valence-corrected chi connectivity index (χ1v) is 6.16. The summed E-state index contributed by atoms with van der Waals surface area (Å²) in [5.74, 6) is -0.314. The number of allylic oxidation sites excluding steroid dienone is 1. The molecule has 0 atom stereocenters. The molecule has 1 saturated carbocycles. The number of amides is 1. The van der Waals surface area contributed by atoms with Gasteiger partial charge in [-0.1, -0.05) is 18.9 Å². The molecule has 0 aromatic heterocycles. The highest BCUT2D eigenvalue weighted by Crippen LogP contribution is 2.24. The largest absolute Gasteiger partial charge is 0.468 e. The molecule has 4 nitrogen and oxygen atoms in total. The maximum Gasteiger partial charge on any atom is 0.325 e. The maximum atomic E-state index is 12.0. The molecule has 1 aliphatic rings. The standard InChI is InChI=1S/C13H21NO3/c1-3-4-9-12(15)14(10-13(16)17-2)11-7-5-6-8-11/h3,11H,1,4-10H2,2H3. The van der Waals surface area contributed by atoms with Crippen molar-refractivity contribution in [2.24, 2.45) is 0 Å². The van der Waals surface area contributed by atoms with E-state index in [-0.39, 0.29) is 24.5 Å². The smallest absolute Gasteiger partial charge is 0.325 e. The molecular formula is C13H21NO3.